The second-order valence-corrected chi connectivity index (χ2v) is 5.62. The standard InChI is InChI=1S/C17H16N4O3/c1-12-6-8-13(9-7-12)11-19(2)16-15(21(23)24)17(22)20-10-4-3-5-14(20)18-16/h3-10H,11H2,1-2H3. The lowest BCUT2D eigenvalue weighted by Crippen LogP contribution is -2.26. The summed E-state index contributed by atoms with van der Waals surface area (Å²) in [4.78, 5) is 29.1. The number of benzene rings is 1. The Morgan fingerprint density at radius 2 is 1.92 bits per heavy atom. The average Bonchev–Trinajstić information content (AvgIpc) is 2.56. The first-order valence-electron chi connectivity index (χ1n) is 7.40. The van der Waals surface area contributed by atoms with Gasteiger partial charge in [-0.3, -0.25) is 19.3 Å². The van der Waals surface area contributed by atoms with Crippen LogP contribution in [-0.4, -0.2) is 21.4 Å². The molecule has 0 aliphatic heterocycles. The molecule has 0 spiro atoms. The van der Waals surface area contributed by atoms with E-state index in [0.717, 1.165) is 11.1 Å². The molecule has 3 aromatic rings. The van der Waals surface area contributed by atoms with Gasteiger partial charge in [0.15, 0.2) is 0 Å². The molecule has 2 aromatic heterocycles. The molecule has 24 heavy (non-hydrogen) atoms. The number of nitro groups is 1. The van der Waals surface area contributed by atoms with Gasteiger partial charge in [0, 0.05) is 19.8 Å². The second kappa shape index (κ2) is 6.11. The highest BCUT2D eigenvalue weighted by Gasteiger charge is 2.26. The molecule has 0 bridgehead atoms. The fraction of sp³-hybridized carbons (Fsp3) is 0.176. The van der Waals surface area contributed by atoms with Gasteiger partial charge in [0.05, 0.1) is 4.92 Å². The van der Waals surface area contributed by atoms with E-state index in [9.17, 15) is 14.9 Å². The SMILES string of the molecule is Cc1ccc(CN(C)c2nc3ccccn3c(=O)c2[N+](=O)[O-])cc1. The minimum Gasteiger partial charge on any atom is -0.349 e. The molecule has 1 aromatic carbocycles. The van der Waals surface area contributed by atoms with Crippen LogP contribution in [0.2, 0.25) is 0 Å². The molecule has 0 atom stereocenters. The highest BCUT2D eigenvalue weighted by molar-refractivity contribution is 5.61. The Balaban J connectivity index is 2.10. The van der Waals surface area contributed by atoms with Crippen LogP contribution in [0.3, 0.4) is 0 Å². The Labute approximate surface area is 138 Å². The van der Waals surface area contributed by atoms with Crippen LogP contribution in [-0.2, 0) is 6.54 Å². The van der Waals surface area contributed by atoms with Gasteiger partial charge in [-0.1, -0.05) is 35.9 Å². The number of rotatable bonds is 4. The molecule has 7 nitrogen and oxygen atoms in total. The Bertz CT molecular complexity index is 964. The molecule has 0 radical (unpaired) electrons. The van der Waals surface area contributed by atoms with E-state index in [2.05, 4.69) is 4.98 Å². The number of aromatic nitrogens is 2. The summed E-state index contributed by atoms with van der Waals surface area (Å²) in [5.74, 6) is 0.0665. The van der Waals surface area contributed by atoms with E-state index in [1.807, 2.05) is 31.2 Å². The zero-order valence-corrected chi connectivity index (χ0v) is 13.3. The quantitative estimate of drug-likeness (QED) is 0.544. The lowest BCUT2D eigenvalue weighted by Gasteiger charge is -2.18. The van der Waals surface area contributed by atoms with Crippen LogP contribution in [0.4, 0.5) is 11.5 Å². The fourth-order valence-corrected chi connectivity index (χ4v) is 2.54. The highest BCUT2D eigenvalue weighted by atomic mass is 16.6. The number of nitrogens with zero attached hydrogens (tertiary/aromatic N) is 4. The molecule has 0 aliphatic carbocycles. The van der Waals surface area contributed by atoms with Gasteiger partial charge in [0.2, 0.25) is 5.82 Å². The topological polar surface area (TPSA) is 80.8 Å². The minimum absolute atomic E-state index is 0.0665. The van der Waals surface area contributed by atoms with Gasteiger partial charge < -0.3 is 4.90 Å². The monoisotopic (exact) mass is 324 g/mol. The maximum Gasteiger partial charge on any atom is 0.376 e. The third-order valence-electron chi connectivity index (χ3n) is 3.78. The van der Waals surface area contributed by atoms with Crippen molar-refractivity contribution in [2.45, 2.75) is 13.5 Å². The first-order chi connectivity index (χ1) is 11.5. The Morgan fingerprint density at radius 1 is 1.21 bits per heavy atom. The third-order valence-corrected chi connectivity index (χ3v) is 3.78. The predicted octanol–water partition coefficient (Wildman–Crippen LogP) is 2.55. The van der Waals surface area contributed by atoms with Crippen molar-refractivity contribution in [2.24, 2.45) is 0 Å². The summed E-state index contributed by atoms with van der Waals surface area (Å²) in [5, 5.41) is 11.4. The van der Waals surface area contributed by atoms with Gasteiger partial charge in [-0.05, 0) is 24.6 Å². The molecule has 7 heteroatoms. The summed E-state index contributed by atoms with van der Waals surface area (Å²) in [6.07, 6.45) is 1.47. The van der Waals surface area contributed by atoms with E-state index in [1.165, 1.54) is 10.6 Å². The first kappa shape index (κ1) is 15.7. The molecule has 0 aliphatic rings. The van der Waals surface area contributed by atoms with Crippen LogP contribution in [0.5, 0.6) is 0 Å². The number of aryl methyl sites for hydroxylation is 1. The first-order valence-corrected chi connectivity index (χ1v) is 7.40. The Kier molecular flexibility index (Phi) is 3.99. The van der Waals surface area contributed by atoms with Crippen molar-refractivity contribution in [1.82, 2.24) is 9.38 Å². The van der Waals surface area contributed by atoms with Gasteiger partial charge in [0.25, 0.3) is 0 Å². The zero-order valence-electron chi connectivity index (χ0n) is 13.3. The summed E-state index contributed by atoms with van der Waals surface area (Å²) in [6, 6.07) is 12.9. The molecule has 0 amide bonds. The van der Waals surface area contributed by atoms with Gasteiger partial charge in [-0.15, -0.1) is 0 Å². The zero-order chi connectivity index (χ0) is 17.3. The van der Waals surface area contributed by atoms with Gasteiger partial charge in [-0.25, -0.2) is 4.98 Å². The fourth-order valence-electron chi connectivity index (χ4n) is 2.54. The van der Waals surface area contributed by atoms with Gasteiger partial charge in [0.1, 0.15) is 5.65 Å². The minimum atomic E-state index is -0.684. The Morgan fingerprint density at radius 3 is 2.58 bits per heavy atom. The normalized spacial score (nSPS) is 10.8. The van der Waals surface area contributed by atoms with Crippen LogP contribution in [0.25, 0.3) is 5.65 Å². The van der Waals surface area contributed by atoms with E-state index in [-0.39, 0.29) is 5.82 Å². The summed E-state index contributed by atoms with van der Waals surface area (Å²) >= 11 is 0. The largest absolute Gasteiger partial charge is 0.376 e. The van der Waals surface area contributed by atoms with Crippen molar-refractivity contribution in [3.05, 3.63) is 80.3 Å². The number of pyridine rings is 1. The number of anilines is 1. The van der Waals surface area contributed by atoms with Crippen LogP contribution in [0.1, 0.15) is 11.1 Å². The van der Waals surface area contributed by atoms with Crippen molar-refractivity contribution in [2.75, 3.05) is 11.9 Å². The number of hydrogen-bond donors (Lipinski definition) is 0. The van der Waals surface area contributed by atoms with Crippen molar-refractivity contribution >= 4 is 17.2 Å². The average molecular weight is 324 g/mol. The molecule has 0 N–H and O–H groups in total. The third kappa shape index (κ3) is 2.83. The van der Waals surface area contributed by atoms with E-state index < -0.39 is 16.2 Å². The lowest BCUT2D eigenvalue weighted by atomic mass is 10.1. The maximum absolute atomic E-state index is 12.4. The van der Waals surface area contributed by atoms with E-state index >= 15 is 0 Å². The van der Waals surface area contributed by atoms with Crippen molar-refractivity contribution in [3.8, 4) is 0 Å². The molecule has 0 saturated carbocycles. The highest BCUT2D eigenvalue weighted by Crippen LogP contribution is 2.23. The lowest BCUT2D eigenvalue weighted by molar-refractivity contribution is -0.385. The second-order valence-electron chi connectivity index (χ2n) is 5.62. The van der Waals surface area contributed by atoms with E-state index in [1.54, 1.807) is 30.1 Å². The summed E-state index contributed by atoms with van der Waals surface area (Å²) < 4.78 is 1.18. The summed E-state index contributed by atoms with van der Waals surface area (Å²) in [5.41, 5.74) is 1.28. The molecular weight excluding hydrogens is 308 g/mol. The smallest absolute Gasteiger partial charge is 0.349 e. The van der Waals surface area contributed by atoms with Crippen LogP contribution in [0, 0.1) is 17.0 Å². The van der Waals surface area contributed by atoms with E-state index in [4.69, 9.17) is 0 Å². The van der Waals surface area contributed by atoms with Crippen LogP contribution in [0.15, 0.2) is 53.5 Å². The molecule has 0 fully saturated rings. The van der Waals surface area contributed by atoms with Crippen molar-refractivity contribution in [1.29, 1.82) is 0 Å². The summed E-state index contributed by atoms with van der Waals surface area (Å²) in [7, 11) is 1.69. The summed E-state index contributed by atoms with van der Waals surface area (Å²) in [6.45, 7) is 2.40. The van der Waals surface area contributed by atoms with Crippen LogP contribution >= 0.6 is 0 Å². The number of hydrogen-bond acceptors (Lipinski definition) is 5. The molecule has 122 valence electrons. The molecule has 0 unspecified atom stereocenters. The molecule has 2 heterocycles. The van der Waals surface area contributed by atoms with Gasteiger partial charge >= 0.3 is 11.2 Å². The van der Waals surface area contributed by atoms with Crippen molar-refractivity contribution < 1.29 is 4.92 Å². The predicted molar refractivity (Wildman–Crippen MR) is 91.4 cm³/mol. The molecule has 0 saturated heterocycles. The maximum atomic E-state index is 12.4. The molecular formula is C17H16N4O3. The number of fused-ring (bicyclic) bond motifs is 1. The van der Waals surface area contributed by atoms with E-state index in [0.29, 0.717) is 12.2 Å². The van der Waals surface area contributed by atoms with Crippen LogP contribution < -0.4 is 10.5 Å². The Hall–Kier alpha value is -3.22. The van der Waals surface area contributed by atoms with Crippen molar-refractivity contribution in [3.63, 3.8) is 0 Å². The molecule has 3 rings (SSSR count). The van der Waals surface area contributed by atoms with Gasteiger partial charge in [-0.2, -0.15) is 0 Å².